The molecule has 0 aromatic carbocycles. The molecule has 0 aliphatic rings. The molecule has 0 bridgehead atoms. The number of aromatic nitrogens is 1. The van der Waals surface area contributed by atoms with Gasteiger partial charge in [-0.3, -0.25) is 9.63 Å². The topological polar surface area (TPSA) is 60.5 Å². The smallest absolute Gasteiger partial charge is 0.267 e. The first-order valence-electron chi connectivity index (χ1n) is 4.73. The lowest BCUT2D eigenvalue weighted by molar-refractivity contribution is -0.129. The van der Waals surface area contributed by atoms with Gasteiger partial charge in [0.15, 0.2) is 0 Å². The normalized spacial score (nSPS) is 10.9. The molecule has 0 aliphatic heterocycles. The molecule has 0 spiro atoms. The molecule has 1 N–H and O–H groups in total. The Kier molecular flexibility index (Phi) is 5.69. The fraction of sp³-hybridized carbons (Fsp3) is 0.400. The zero-order valence-electron chi connectivity index (χ0n) is 9.23. The maximum Gasteiger partial charge on any atom is 0.267 e. The Hall–Kier alpha value is -1.24. The van der Waals surface area contributed by atoms with Gasteiger partial charge in [0.2, 0.25) is 0 Å². The van der Waals surface area contributed by atoms with Gasteiger partial charge >= 0.3 is 0 Å². The third-order valence-corrected chi connectivity index (χ3v) is 2.40. The first-order valence-corrected chi connectivity index (χ1v) is 5.61. The number of hydrogen-bond donors (Lipinski definition) is 1. The predicted molar refractivity (Wildman–Crippen MR) is 61.9 cm³/mol. The van der Waals surface area contributed by atoms with E-state index in [9.17, 15) is 4.79 Å². The number of thiazole rings is 1. The van der Waals surface area contributed by atoms with E-state index in [1.165, 1.54) is 17.4 Å². The molecule has 88 valence electrons. The Morgan fingerprint density at radius 2 is 2.44 bits per heavy atom. The van der Waals surface area contributed by atoms with E-state index in [2.05, 4.69) is 10.5 Å². The average Bonchev–Trinajstić information content (AvgIpc) is 2.68. The summed E-state index contributed by atoms with van der Waals surface area (Å²) in [7, 11) is 1.57. The number of rotatable bonds is 6. The quantitative estimate of drug-likeness (QED) is 0.462. The molecular weight excluding hydrogens is 228 g/mol. The Morgan fingerprint density at radius 3 is 3.06 bits per heavy atom. The van der Waals surface area contributed by atoms with Crippen LogP contribution in [0.25, 0.3) is 6.08 Å². The van der Waals surface area contributed by atoms with Crippen molar-refractivity contribution in [3.8, 4) is 0 Å². The van der Waals surface area contributed by atoms with Crippen LogP contribution in [0.3, 0.4) is 0 Å². The molecule has 16 heavy (non-hydrogen) atoms. The summed E-state index contributed by atoms with van der Waals surface area (Å²) in [5, 5.41) is 2.85. The van der Waals surface area contributed by atoms with Gasteiger partial charge in [-0.2, -0.15) is 0 Å². The number of carbonyl (C=O) groups is 1. The Balaban J connectivity index is 2.26. The molecule has 5 nitrogen and oxygen atoms in total. The molecule has 1 rings (SSSR count). The van der Waals surface area contributed by atoms with Crippen molar-refractivity contribution in [3.05, 3.63) is 22.2 Å². The van der Waals surface area contributed by atoms with Crippen molar-refractivity contribution < 1.29 is 14.4 Å². The highest BCUT2D eigenvalue weighted by Crippen LogP contribution is 2.08. The van der Waals surface area contributed by atoms with Crippen LogP contribution in [0.1, 0.15) is 10.7 Å². The van der Waals surface area contributed by atoms with Gasteiger partial charge in [0, 0.05) is 18.6 Å². The number of amides is 1. The molecule has 0 atom stereocenters. The maximum absolute atomic E-state index is 11.2. The molecule has 1 aromatic heterocycles. The fourth-order valence-corrected chi connectivity index (χ4v) is 1.48. The van der Waals surface area contributed by atoms with Gasteiger partial charge in [0.25, 0.3) is 5.91 Å². The first kappa shape index (κ1) is 12.8. The zero-order chi connectivity index (χ0) is 11.8. The molecule has 0 aliphatic carbocycles. The summed E-state index contributed by atoms with van der Waals surface area (Å²) in [6, 6.07) is 0. The average molecular weight is 242 g/mol. The van der Waals surface area contributed by atoms with Crippen molar-refractivity contribution in [1.82, 2.24) is 10.5 Å². The minimum absolute atomic E-state index is 0.318. The molecule has 1 aromatic rings. The van der Waals surface area contributed by atoms with Gasteiger partial charge in [0.1, 0.15) is 0 Å². The van der Waals surface area contributed by atoms with Gasteiger partial charge in [-0.05, 0) is 13.0 Å². The molecular formula is C10H14N2O3S. The van der Waals surface area contributed by atoms with Crippen LogP contribution in [-0.2, 0) is 14.4 Å². The summed E-state index contributed by atoms with van der Waals surface area (Å²) in [5.74, 6) is -0.318. The number of nitrogens with zero attached hydrogens (tertiary/aromatic N) is 1. The highest BCUT2D eigenvalue weighted by Gasteiger charge is 1.96. The van der Waals surface area contributed by atoms with E-state index >= 15 is 0 Å². The van der Waals surface area contributed by atoms with Gasteiger partial charge < -0.3 is 4.74 Å². The second kappa shape index (κ2) is 7.10. The standard InChI is InChI=1S/C10H14N2O3S/c1-8-11-9(7-16-8)3-4-10(13)12-15-6-5-14-2/h3-4,7H,5-6H2,1-2H3,(H,12,13)/b4-3+. The number of hydroxylamine groups is 1. The van der Waals surface area contributed by atoms with Crippen LogP contribution in [0.2, 0.25) is 0 Å². The lowest BCUT2D eigenvalue weighted by atomic mass is 10.4. The number of nitrogens with one attached hydrogen (secondary N) is 1. The van der Waals surface area contributed by atoms with Gasteiger partial charge in [-0.1, -0.05) is 0 Å². The van der Waals surface area contributed by atoms with Crippen molar-refractivity contribution >= 4 is 23.3 Å². The summed E-state index contributed by atoms with van der Waals surface area (Å²) in [6.07, 6.45) is 3.01. The number of methoxy groups -OCH3 is 1. The maximum atomic E-state index is 11.2. The number of carbonyl (C=O) groups excluding carboxylic acids is 1. The van der Waals surface area contributed by atoms with Crippen LogP contribution in [0.15, 0.2) is 11.5 Å². The molecule has 6 heteroatoms. The Labute approximate surface area is 98.0 Å². The first-order chi connectivity index (χ1) is 7.72. The molecule has 1 amide bonds. The fourth-order valence-electron chi connectivity index (χ4n) is 0.899. The second-order valence-corrected chi connectivity index (χ2v) is 3.99. The van der Waals surface area contributed by atoms with Crippen molar-refractivity contribution in [2.45, 2.75) is 6.92 Å². The molecule has 0 radical (unpaired) electrons. The van der Waals surface area contributed by atoms with Crippen LogP contribution in [0.4, 0.5) is 0 Å². The van der Waals surface area contributed by atoms with Crippen molar-refractivity contribution in [3.63, 3.8) is 0 Å². The Bertz CT molecular complexity index is 363. The van der Waals surface area contributed by atoms with Crippen LogP contribution >= 0.6 is 11.3 Å². The van der Waals surface area contributed by atoms with Crippen LogP contribution < -0.4 is 5.48 Å². The van der Waals surface area contributed by atoms with Gasteiger partial charge in [-0.25, -0.2) is 10.5 Å². The predicted octanol–water partition coefficient (Wildman–Crippen LogP) is 1.16. The van der Waals surface area contributed by atoms with E-state index in [0.29, 0.717) is 13.2 Å². The largest absolute Gasteiger partial charge is 0.382 e. The van der Waals surface area contributed by atoms with Crippen molar-refractivity contribution in [2.24, 2.45) is 0 Å². The monoisotopic (exact) mass is 242 g/mol. The summed E-state index contributed by atoms with van der Waals surface area (Å²) in [5.41, 5.74) is 3.04. The summed E-state index contributed by atoms with van der Waals surface area (Å²) in [4.78, 5) is 20.2. The molecule has 0 unspecified atom stereocenters. The minimum Gasteiger partial charge on any atom is -0.382 e. The van der Waals surface area contributed by atoms with E-state index in [0.717, 1.165) is 10.7 Å². The SMILES string of the molecule is COCCONC(=O)/C=C/c1csc(C)n1. The minimum atomic E-state index is -0.318. The van der Waals surface area contributed by atoms with Crippen LogP contribution in [-0.4, -0.2) is 31.2 Å². The molecule has 1 heterocycles. The van der Waals surface area contributed by atoms with Crippen LogP contribution in [0, 0.1) is 6.92 Å². The van der Waals surface area contributed by atoms with Gasteiger partial charge in [0.05, 0.1) is 23.9 Å². The van der Waals surface area contributed by atoms with E-state index < -0.39 is 0 Å². The summed E-state index contributed by atoms with van der Waals surface area (Å²) in [6.45, 7) is 2.68. The summed E-state index contributed by atoms with van der Waals surface area (Å²) >= 11 is 1.54. The number of ether oxygens (including phenoxy) is 1. The second-order valence-electron chi connectivity index (χ2n) is 2.93. The van der Waals surface area contributed by atoms with Crippen molar-refractivity contribution in [2.75, 3.05) is 20.3 Å². The molecule has 0 saturated carbocycles. The van der Waals surface area contributed by atoms with E-state index in [4.69, 9.17) is 9.57 Å². The van der Waals surface area contributed by atoms with E-state index in [-0.39, 0.29) is 5.91 Å². The lowest BCUT2D eigenvalue weighted by Crippen LogP contribution is -2.23. The number of aryl methyl sites for hydroxylation is 1. The number of hydrogen-bond acceptors (Lipinski definition) is 5. The van der Waals surface area contributed by atoms with Crippen LogP contribution in [0.5, 0.6) is 0 Å². The highest BCUT2D eigenvalue weighted by molar-refractivity contribution is 7.09. The third kappa shape index (κ3) is 5.01. The highest BCUT2D eigenvalue weighted by atomic mass is 32.1. The molecule has 0 saturated heterocycles. The Morgan fingerprint density at radius 1 is 1.62 bits per heavy atom. The lowest BCUT2D eigenvalue weighted by Gasteiger charge is -2.01. The molecule has 0 fully saturated rings. The zero-order valence-corrected chi connectivity index (χ0v) is 10.0. The van der Waals surface area contributed by atoms with E-state index in [1.54, 1.807) is 13.2 Å². The van der Waals surface area contributed by atoms with Crippen molar-refractivity contribution in [1.29, 1.82) is 0 Å². The third-order valence-electron chi connectivity index (χ3n) is 1.60. The summed E-state index contributed by atoms with van der Waals surface area (Å²) < 4.78 is 4.75. The van der Waals surface area contributed by atoms with E-state index in [1.807, 2.05) is 12.3 Å². The van der Waals surface area contributed by atoms with Gasteiger partial charge in [-0.15, -0.1) is 11.3 Å².